The molecule has 1 amide bonds. The van der Waals surface area contributed by atoms with E-state index in [2.05, 4.69) is 0 Å². The minimum Gasteiger partial charge on any atom is -0.464 e. The number of likely N-dealkylation sites (tertiary alicyclic amines) is 1. The maximum atomic E-state index is 12.3. The molecule has 116 valence electrons. The molecule has 20 heavy (non-hydrogen) atoms. The quantitative estimate of drug-likeness (QED) is 0.800. The molecule has 0 aromatic heterocycles. The van der Waals surface area contributed by atoms with Crippen molar-refractivity contribution in [1.29, 1.82) is 0 Å². The lowest BCUT2D eigenvalue weighted by Gasteiger charge is -2.40. The normalized spacial score (nSPS) is 23.4. The molecule has 0 radical (unpaired) electrons. The molecule has 0 saturated carbocycles. The van der Waals surface area contributed by atoms with Crippen LogP contribution in [0.15, 0.2) is 0 Å². The largest absolute Gasteiger partial charge is 0.464 e. The highest BCUT2D eigenvalue weighted by atomic mass is 16.6. The third kappa shape index (κ3) is 4.37. The van der Waals surface area contributed by atoms with Crippen molar-refractivity contribution in [3.8, 4) is 0 Å². The van der Waals surface area contributed by atoms with Crippen molar-refractivity contribution in [2.24, 2.45) is 0 Å². The van der Waals surface area contributed by atoms with Crippen LogP contribution in [-0.2, 0) is 14.3 Å². The van der Waals surface area contributed by atoms with Crippen molar-refractivity contribution in [3.63, 3.8) is 0 Å². The van der Waals surface area contributed by atoms with Crippen molar-refractivity contribution >= 4 is 12.1 Å². The van der Waals surface area contributed by atoms with Gasteiger partial charge in [0.2, 0.25) is 0 Å². The first-order valence-corrected chi connectivity index (χ1v) is 7.09. The van der Waals surface area contributed by atoms with Crippen LogP contribution in [0.3, 0.4) is 0 Å². The molecule has 1 fully saturated rings. The van der Waals surface area contributed by atoms with Gasteiger partial charge in [0.05, 0.1) is 19.3 Å². The first-order valence-electron chi connectivity index (χ1n) is 7.09. The molecule has 0 aromatic rings. The van der Waals surface area contributed by atoms with E-state index in [1.165, 1.54) is 4.90 Å². The van der Waals surface area contributed by atoms with E-state index in [1.807, 2.05) is 0 Å². The predicted molar refractivity (Wildman–Crippen MR) is 73.2 cm³/mol. The second-order valence-corrected chi connectivity index (χ2v) is 5.92. The van der Waals surface area contributed by atoms with E-state index in [9.17, 15) is 14.7 Å². The van der Waals surface area contributed by atoms with Crippen LogP contribution in [0.1, 0.15) is 47.0 Å². The first-order chi connectivity index (χ1) is 9.30. The van der Waals surface area contributed by atoms with Gasteiger partial charge in [-0.05, 0) is 47.0 Å². The molecule has 1 aliphatic heterocycles. The van der Waals surface area contributed by atoms with Gasteiger partial charge in [-0.1, -0.05) is 0 Å². The monoisotopic (exact) mass is 287 g/mol. The Bertz CT molecular complexity index is 350. The number of carbonyl (C=O) groups excluding carboxylic acids is 2. The van der Waals surface area contributed by atoms with Crippen LogP contribution in [0.5, 0.6) is 0 Å². The summed E-state index contributed by atoms with van der Waals surface area (Å²) in [5, 5.41) is 9.44. The Morgan fingerprint density at radius 1 is 1.30 bits per heavy atom. The number of carbonyl (C=O) groups is 2. The van der Waals surface area contributed by atoms with Crippen LogP contribution in [0.2, 0.25) is 0 Å². The number of aliphatic hydroxyl groups excluding tert-OH is 1. The lowest BCUT2D eigenvalue weighted by molar-refractivity contribution is -0.152. The average molecular weight is 287 g/mol. The summed E-state index contributed by atoms with van der Waals surface area (Å²) in [4.78, 5) is 25.6. The zero-order valence-corrected chi connectivity index (χ0v) is 12.7. The maximum absolute atomic E-state index is 12.3. The summed E-state index contributed by atoms with van der Waals surface area (Å²) in [7, 11) is 0. The van der Waals surface area contributed by atoms with Crippen molar-refractivity contribution in [2.75, 3.05) is 13.2 Å². The van der Waals surface area contributed by atoms with E-state index in [1.54, 1.807) is 27.7 Å². The van der Waals surface area contributed by atoms with Crippen molar-refractivity contribution in [3.05, 3.63) is 0 Å². The molecular formula is C14H25NO5. The van der Waals surface area contributed by atoms with Gasteiger partial charge in [-0.3, -0.25) is 4.90 Å². The molecule has 1 saturated heterocycles. The molecule has 1 N–H and O–H groups in total. The van der Waals surface area contributed by atoms with Gasteiger partial charge in [-0.25, -0.2) is 9.59 Å². The van der Waals surface area contributed by atoms with Gasteiger partial charge in [0, 0.05) is 0 Å². The predicted octanol–water partition coefficient (Wildman–Crippen LogP) is 1.70. The van der Waals surface area contributed by atoms with E-state index in [4.69, 9.17) is 9.47 Å². The van der Waals surface area contributed by atoms with E-state index >= 15 is 0 Å². The van der Waals surface area contributed by atoms with Crippen molar-refractivity contribution < 1.29 is 24.2 Å². The lowest BCUT2D eigenvalue weighted by Crippen LogP contribution is -2.56. The summed E-state index contributed by atoms with van der Waals surface area (Å²) < 4.78 is 10.4. The second-order valence-electron chi connectivity index (χ2n) is 5.92. The maximum Gasteiger partial charge on any atom is 0.411 e. The topological polar surface area (TPSA) is 76.1 Å². The SMILES string of the molecule is CCOC(=O)[C@@H]1CCC[C@@H](CO)N1C(=O)OC(C)(C)C. The van der Waals surface area contributed by atoms with E-state index in [0.29, 0.717) is 12.8 Å². The Labute approximate surface area is 120 Å². The lowest BCUT2D eigenvalue weighted by atomic mass is 9.96. The zero-order valence-electron chi connectivity index (χ0n) is 12.7. The molecule has 2 atom stereocenters. The molecular weight excluding hydrogens is 262 g/mol. The molecule has 0 aromatic carbocycles. The first kappa shape index (κ1) is 16.8. The third-order valence-corrected chi connectivity index (χ3v) is 3.12. The molecule has 6 heteroatoms. The van der Waals surface area contributed by atoms with Crippen molar-refractivity contribution in [2.45, 2.75) is 64.6 Å². The number of amides is 1. The van der Waals surface area contributed by atoms with E-state index in [0.717, 1.165) is 6.42 Å². The van der Waals surface area contributed by atoms with E-state index < -0.39 is 29.7 Å². The highest BCUT2D eigenvalue weighted by Crippen LogP contribution is 2.26. The number of ether oxygens (including phenoxy) is 2. The van der Waals surface area contributed by atoms with Crippen LogP contribution in [-0.4, -0.2) is 53.0 Å². The van der Waals surface area contributed by atoms with Gasteiger partial charge in [0.1, 0.15) is 11.6 Å². The molecule has 1 heterocycles. The summed E-state index contributed by atoms with van der Waals surface area (Å²) in [5.74, 6) is -0.434. The Morgan fingerprint density at radius 2 is 1.95 bits per heavy atom. The number of hydrogen-bond acceptors (Lipinski definition) is 5. The van der Waals surface area contributed by atoms with Gasteiger partial charge in [-0.2, -0.15) is 0 Å². The number of esters is 1. The molecule has 1 rings (SSSR count). The molecule has 1 aliphatic rings. The molecule has 0 bridgehead atoms. The van der Waals surface area contributed by atoms with Crippen molar-refractivity contribution in [1.82, 2.24) is 4.90 Å². The molecule has 6 nitrogen and oxygen atoms in total. The van der Waals surface area contributed by atoms with Gasteiger partial charge in [-0.15, -0.1) is 0 Å². The fourth-order valence-electron chi connectivity index (χ4n) is 2.32. The fraction of sp³-hybridized carbons (Fsp3) is 0.857. The fourth-order valence-corrected chi connectivity index (χ4v) is 2.32. The third-order valence-electron chi connectivity index (χ3n) is 3.12. The zero-order chi connectivity index (χ0) is 15.3. The highest BCUT2D eigenvalue weighted by Gasteiger charge is 2.40. The minimum absolute atomic E-state index is 0.185. The summed E-state index contributed by atoms with van der Waals surface area (Å²) in [6, 6.07) is -1.07. The number of hydrogen-bond donors (Lipinski definition) is 1. The average Bonchev–Trinajstić information content (AvgIpc) is 2.35. The summed E-state index contributed by atoms with van der Waals surface area (Å²) >= 11 is 0. The van der Waals surface area contributed by atoms with Gasteiger partial charge in [0.25, 0.3) is 0 Å². The molecule has 0 aliphatic carbocycles. The van der Waals surface area contributed by atoms with Gasteiger partial charge in [0.15, 0.2) is 0 Å². The molecule has 0 unspecified atom stereocenters. The van der Waals surface area contributed by atoms with Crippen LogP contribution in [0.4, 0.5) is 4.79 Å². The number of rotatable bonds is 3. The standard InChI is InChI=1S/C14H25NO5/c1-5-19-12(17)11-8-6-7-10(9-16)15(11)13(18)20-14(2,3)4/h10-11,16H,5-9H2,1-4H3/t10-,11-/m0/s1. The van der Waals surface area contributed by atoms with Gasteiger partial charge >= 0.3 is 12.1 Å². The molecule has 0 spiro atoms. The Balaban J connectivity index is 2.90. The second kappa shape index (κ2) is 6.92. The summed E-state index contributed by atoms with van der Waals surface area (Å²) in [6.45, 7) is 7.10. The highest BCUT2D eigenvalue weighted by molar-refractivity contribution is 5.82. The summed E-state index contributed by atoms with van der Waals surface area (Å²) in [5.41, 5.74) is -0.645. The van der Waals surface area contributed by atoms with Crippen LogP contribution < -0.4 is 0 Å². The minimum atomic E-state index is -0.671. The van der Waals surface area contributed by atoms with Gasteiger partial charge < -0.3 is 14.6 Å². The Morgan fingerprint density at radius 3 is 2.45 bits per heavy atom. The van der Waals surface area contributed by atoms with Crippen LogP contribution >= 0.6 is 0 Å². The van der Waals surface area contributed by atoms with Crippen LogP contribution in [0.25, 0.3) is 0 Å². The number of piperidine rings is 1. The van der Waals surface area contributed by atoms with E-state index in [-0.39, 0.29) is 13.2 Å². The Hall–Kier alpha value is -1.30. The Kier molecular flexibility index (Phi) is 5.80. The van der Waals surface area contributed by atoms with Crippen LogP contribution in [0, 0.1) is 0 Å². The number of nitrogens with zero attached hydrogens (tertiary/aromatic N) is 1. The smallest absolute Gasteiger partial charge is 0.411 e. The number of aliphatic hydroxyl groups is 1. The summed E-state index contributed by atoms with van der Waals surface area (Å²) in [6.07, 6.45) is 1.39.